The van der Waals surface area contributed by atoms with Gasteiger partial charge >= 0.3 is 6.18 Å². The summed E-state index contributed by atoms with van der Waals surface area (Å²) >= 11 is 0. The molecule has 0 radical (unpaired) electrons. The quantitative estimate of drug-likeness (QED) is 0.255. The molecule has 2 aliphatic rings. The number of H-pyrrole nitrogens is 1. The number of alkyl halides is 3. The molecule has 0 atom stereocenters. The third-order valence-electron chi connectivity index (χ3n) is 12.1. The second-order valence-corrected chi connectivity index (χ2v) is 15.9. The first-order chi connectivity index (χ1) is 21.6. The molecular formula is C38H50F3N5. The van der Waals surface area contributed by atoms with Gasteiger partial charge in [0.2, 0.25) is 0 Å². The summed E-state index contributed by atoms with van der Waals surface area (Å²) in [5, 5.41) is 22.0. The van der Waals surface area contributed by atoms with Crippen molar-refractivity contribution in [3.05, 3.63) is 47.5 Å². The van der Waals surface area contributed by atoms with Crippen LogP contribution in [0.25, 0.3) is 21.8 Å². The predicted molar refractivity (Wildman–Crippen MR) is 179 cm³/mol. The minimum absolute atomic E-state index is 0.0167. The molecule has 0 aliphatic carbocycles. The number of aromatic amines is 1. The van der Waals surface area contributed by atoms with Gasteiger partial charge in [0.1, 0.15) is 0 Å². The smallest absolute Gasteiger partial charge is 0.355 e. The third kappa shape index (κ3) is 6.95. The lowest BCUT2D eigenvalue weighted by Crippen LogP contribution is -2.49. The molecule has 0 bridgehead atoms. The molecule has 2 fully saturated rings. The Labute approximate surface area is 272 Å². The van der Waals surface area contributed by atoms with Gasteiger partial charge in [-0.05, 0) is 109 Å². The second-order valence-electron chi connectivity index (χ2n) is 15.9. The number of fused-ring (bicyclic) bond motifs is 3. The van der Waals surface area contributed by atoms with Gasteiger partial charge in [-0.2, -0.15) is 23.7 Å². The largest absolute Gasteiger partial charge is 0.390 e. The van der Waals surface area contributed by atoms with Crippen LogP contribution in [-0.2, 0) is 13.0 Å². The monoisotopic (exact) mass is 633 g/mol. The highest BCUT2D eigenvalue weighted by molar-refractivity contribution is 6.07. The van der Waals surface area contributed by atoms with Crippen molar-refractivity contribution < 1.29 is 13.2 Å². The van der Waals surface area contributed by atoms with Crippen molar-refractivity contribution in [1.29, 1.82) is 10.5 Å². The molecule has 2 aromatic carbocycles. The number of likely N-dealkylation sites (tertiary alicyclic amines) is 2. The number of benzene rings is 2. The molecule has 0 amide bonds. The molecule has 3 aromatic rings. The van der Waals surface area contributed by atoms with Gasteiger partial charge in [-0.3, -0.25) is 4.90 Å². The van der Waals surface area contributed by atoms with Gasteiger partial charge < -0.3 is 9.88 Å². The minimum atomic E-state index is -4.16. The molecule has 5 nitrogen and oxygen atoms in total. The lowest BCUT2D eigenvalue weighted by molar-refractivity contribution is -0.140. The van der Waals surface area contributed by atoms with E-state index in [9.17, 15) is 23.7 Å². The predicted octanol–water partition coefficient (Wildman–Crippen LogP) is 9.38. The summed E-state index contributed by atoms with van der Waals surface area (Å²) in [6, 6.07) is 18.0. The van der Waals surface area contributed by atoms with Crippen LogP contribution in [0.3, 0.4) is 0 Å². The summed E-state index contributed by atoms with van der Waals surface area (Å²) in [7, 11) is 0. The summed E-state index contributed by atoms with van der Waals surface area (Å²) in [6.45, 7) is 15.2. The zero-order valence-corrected chi connectivity index (χ0v) is 28.3. The Morgan fingerprint density at radius 3 is 1.96 bits per heavy atom. The second kappa shape index (κ2) is 12.9. The molecule has 5 rings (SSSR count). The molecule has 248 valence electrons. The summed E-state index contributed by atoms with van der Waals surface area (Å²) in [5.41, 5.74) is 4.34. The average molecular weight is 634 g/mol. The Morgan fingerprint density at radius 2 is 1.35 bits per heavy atom. The number of aromatic nitrogens is 1. The van der Waals surface area contributed by atoms with Crippen molar-refractivity contribution >= 4 is 21.8 Å². The number of hydrogen-bond donors (Lipinski definition) is 1. The Morgan fingerprint density at radius 1 is 0.761 bits per heavy atom. The number of rotatable bonds is 9. The van der Waals surface area contributed by atoms with Crippen LogP contribution in [-0.4, -0.2) is 53.7 Å². The first-order valence-corrected chi connectivity index (χ1v) is 16.9. The van der Waals surface area contributed by atoms with Gasteiger partial charge in [0, 0.05) is 47.7 Å². The van der Waals surface area contributed by atoms with Gasteiger partial charge in [-0.15, -0.1) is 0 Å². The van der Waals surface area contributed by atoms with Crippen molar-refractivity contribution in [2.24, 2.45) is 21.7 Å². The molecule has 1 aromatic heterocycles. The fourth-order valence-corrected chi connectivity index (χ4v) is 8.42. The van der Waals surface area contributed by atoms with Crippen molar-refractivity contribution in [2.75, 3.05) is 32.7 Å². The number of hydrogen-bond acceptors (Lipinski definition) is 4. The molecule has 0 unspecified atom stereocenters. The number of para-hydroxylation sites is 1. The van der Waals surface area contributed by atoms with Crippen molar-refractivity contribution in [3.8, 4) is 12.1 Å². The van der Waals surface area contributed by atoms with Crippen LogP contribution in [0.1, 0.15) is 90.7 Å². The molecule has 2 saturated heterocycles. The maximum Gasteiger partial charge on any atom is 0.390 e. The Bertz CT molecular complexity index is 1600. The van der Waals surface area contributed by atoms with Gasteiger partial charge in [0.15, 0.2) is 0 Å². The van der Waals surface area contributed by atoms with Gasteiger partial charge in [-0.1, -0.05) is 52.8 Å². The highest BCUT2D eigenvalue weighted by atomic mass is 19.4. The molecule has 46 heavy (non-hydrogen) atoms. The van der Waals surface area contributed by atoms with E-state index < -0.39 is 12.6 Å². The van der Waals surface area contributed by atoms with Crippen molar-refractivity contribution in [2.45, 2.75) is 98.7 Å². The van der Waals surface area contributed by atoms with Crippen LogP contribution >= 0.6 is 0 Å². The third-order valence-corrected chi connectivity index (χ3v) is 12.1. The maximum absolute atomic E-state index is 12.9. The van der Waals surface area contributed by atoms with Crippen molar-refractivity contribution in [3.63, 3.8) is 0 Å². The van der Waals surface area contributed by atoms with Crippen LogP contribution < -0.4 is 0 Å². The summed E-state index contributed by atoms with van der Waals surface area (Å²) in [5.74, 6) is 0. The van der Waals surface area contributed by atoms with Gasteiger partial charge in [0.25, 0.3) is 0 Å². The minimum Gasteiger partial charge on any atom is -0.355 e. The van der Waals surface area contributed by atoms with E-state index in [2.05, 4.69) is 87.0 Å². The number of nitriles is 2. The standard InChI is InChI=1S/C38H50F3N5/c1-34(2,3)36(10-17-42)12-21-46(22-13-36)27-29-25-33-31(30-8-6-7-9-32(30)44-33)24-28(29)26-35(4,5)37(11-18-43)14-19-45(20-15-37)23-16-38(39,40)41/h6-9,24-25,44H,10-16,19-23,26-27H2,1-5H3. The van der Waals surface area contributed by atoms with Crippen LogP contribution in [0.5, 0.6) is 0 Å². The zero-order valence-electron chi connectivity index (χ0n) is 28.3. The maximum atomic E-state index is 12.9. The SMILES string of the molecule is CC(C)(C)C1(CC#N)CCN(Cc2cc3[nH]c4ccccc4c3cc2CC(C)(C)C2(CC#N)CCN(CCC(F)(F)F)CC2)CC1. The lowest BCUT2D eigenvalue weighted by atomic mass is 9.57. The molecule has 1 N–H and O–H groups in total. The number of nitrogens with one attached hydrogen (secondary N) is 1. The van der Waals surface area contributed by atoms with E-state index in [1.165, 1.54) is 21.9 Å². The van der Waals surface area contributed by atoms with Crippen LogP contribution in [0.2, 0.25) is 0 Å². The molecule has 0 saturated carbocycles. The van der Waals surface area contributed by atoms with E-state index in [0.717, 1.165) is 62.8 Å². The van der Waals surface area contributed by atoms with E-state index in [0.29, 0.717) is 25.9 Å². The highest BCUT2D eigenvalue weighted by Crippen LogP contribution is 2.52. The van der Waals surface area contributed by atoms with E-state index in [1.54, 1.807) is 0 Å². The highest BCUT2D eigenvalue weighted by Gasteiger charge is 2.47. The molecule has 0 spiro atoms. The van der Waals surface area contributed by atoms with Gasteiger partial charge in [-0.25, -0.2) is 0 Å². The molecule has 3 heterocycles. The van der Waals surface area contributed by atoms with Crippen LogP contribution in [0.4, 0.5) is 13.2 Å². The fourth-order valence-electron chi connectivity index (χ4n) is 8.42. The first kappa shape index (κ1) is 34.3. The molecular weight excluding hydrogens is 583 g/mol. The fraction of sp³-hybridized carbons (Fsp3) is 0.632. The Kier molecular flexibility index (Phi) is 9.57. The zero-order chi connectivity index (χ0) is 33.4. The van der Waals surface area contributed by atoms with Crippen LogP contribution in [0, 0.1) is 44.3 Å². The number of piperidine rings is 2. The normalized spacial score (nSPS) is 19.7. The van der Waals surface area contributed by atoms with E-state index in [1.807, 2.05) is 11.0 Å². The van der Waals surface area contributed by atoms with E-state index >= 15 is 0 Å². The topological polar surface area (TPSA) is 69.8 Å². The Hall–Kier alpha value is -3.07. The van der Waals surface area contributed by atoms with Crippen molar-refractivity contribution in [1.82, 2.24) is 14.8 Å². The van der Waals surface area contributed by atoms with E-state index in [4.69, 9.17) is 0 Å². The average Bonchev–Trinajstić information content (AvgIpc) is 3.34. The molecule has 8 heteroatoms. The number of halogens is 3. The summed E-state index contributed by atoms with van der Waals surface area (Å²) < 4.78 is 38.8. The van der Waals surface area contributed by atoms with E-state index in [-0.39, 0.29) is 28.2 Å². The summed E-state index contributed by atoms with van der Waals surface area (Å²) in [4.78, 5) is 8.08. The molecule has 2 aliphatic heterocycles. The van der Waals surface area contributed by atoms with Crippen LogP contribution in [0.15, 0.2) is 36.4 Å². The first-order valence-electron chi connectivity index (χ1n) is 16.9. The Balaban J connectivity index is 1.44. The van der Waals surface area contributed by atoms with Gasteiger partial charge in [0.05, 0.1) is 18.6 Å². The summed E-state index contributed by atoms with van der Waals surface area (Å²) in [6.07, 6.45) is 0.250. The number of nitrogens with zero attached hydrogens (tertiary/aromatic N) is 4. The lowest BCUT2D eigenvalue weighted by Gasteiger charge is -2.51.